The molecular formula is C13H19Cl2FN2. The standard InChI is InChI=1S/C13H18ClFN2.ClH/c14-13-4-3-12(15)6-11(13)9-17-5-1-2-10(7-16)8-17;/h3-4,6,10H,1-2,5,7-9,16H2;1H. The summed E-state index contributed by atoms with van der Waals surface area (Å²) in [5.74, 6) is 0.341. The molecule has 1 atom stereocenters. The molecule has 5 heteroatoms. The van der Waals surface area contributed by atoms with E-state index in [1.807, 2.05) is 0 Å². The molecule has 0 bridgehead atoms. The summed E-state index contributed by atoms with van der Waals surface area (Å²) in [6.07, 6.45) is 2.36. The zero-order valence-corrected chi connectivity index (χ0v) is 11.8. The Hall–Kier alpha value is -0.350. The first kappa shape index (κ1) is 15.7. The lowest BCUT2D eigenvalue weighted by Gasteiger charge is -2.32. The van der Waals surface area contributed by atoms with E-state index < -0.39 is 0 Å². The van der Waals surface area contributed by atoms with Crippen LogP contribution in [0.25, 0.3) is 0 Å². The van der Waals surface area contributed by atoms with Gasteiger partial charge >= 0.3 is 0 Å². The summed E-state index contributed by atoms with van der Waals surface area (Å²) in [4.78, 5) is 2.31. The molecule has 1 aliphatic heterocycles. The third kappa shape index (κ3) is 4.09. The van der Waals surface area contributed by atoms with Gasteiger partial charge in [-0.3, -0.25) is 4.90 Å². The van der Waals surface area contributed by atoms with Gasteiger partial charge < -0.3 is 5.73 Å². The number of piperidine rings is 1. The highest BCUT2D eigenvalue weighted by Gasteiger charge is 2.19. The van der Waals surface area contributed by atoms with E-state index in [0.29, 0.717) is 17.5 Å². The lowest BCUT2D eigenvalue weighted by Crippen LogP contribution is -2.37. The molecule has 1 unspecified atom stereocenters. The molecule has 1 fully saturated rings. The second-order valence-electron chi connectivity index (χ2n) is 4.71. The lowest BCUT2D eigenvalue weighted by atomic mass is 9.98. The van der Waals surface area contributed by atoms with E-state index >= 15 is 0 Å². The molecule has 1 heterocycles. The number of halogens is 3. The lowest BCUT2D eigenvalue weighted by molar-refractivity contribution is 0.171. The molecular weight excluding hydrogens is 274 g/mol. The van der Waals surface area contributed by atoms with Crippen molar-refractivity contribution in [2.45, 2.75) is 19.4 Å². The number of hydrogen-bond donors (Lipinski definition) is 1. The maximum Gasteiger partial charge on any atom is 0.123 e. The third-order valence-corrected chi connectivity index (χ3v) is 3.71. The molecule has 2 N–H and O–H groups in total. The zero-order valence-electron chi connectivity index (χ0n) is 10.2. The smallest absolute Gasteiger partial charge is 0.123 e. The normalized spacial score (nSPS) is 20.5. The summed E-state index contributed by atoms with van der Waals surface area (Å²) in [6.45, 7) is 3.48. The Balaban J connectivity index is 0.00000162. The zero-order chi connectivity index (χ0) is 12.3. The van der Waals surface area contributed by atoms with Crippen LogP contribution in [0.1, 0.15) is 18.4 Å². The molecule has 0 aromatic heterocycles. The quantitative estimate of drug-likeness (QED) is 0.928. The molecule has 0 radical (unpaired) electrons. The van der Waals surface area contributed by atoms with Gasteiger partial charge in [-0.05, 0) is 55.6 Å². The highest BCUT2D eigenvalue weighted by Crippen LogP contribution is 2.22. The Labute approximate surface area is 119 Å². The van der Waals surface area contributed by atoms with Crippen molar-refractivity contribution in [2.75, 3.05) is 19.6 Å². The fourth-order valence-corrected chi connectivity index (χ4v) is 2.57. The van der Waals surface area contributed by atoms with Crippen molar-refractivity contribution < 1.29 is 4.39 Å². The summed E-state index contributed by atoms with van der Waals surface area (Å²) < 4.78 is 13.1. The van der Waals surface area contributed by atoms with Crippen molar-refractivity contribution in [1.29, 1.82) is 0 Å². The highest BCUT2D eigenvalue weighted by atomic mass is 35.5. The van der Waals surface area contributed by atoms with E-state index in [1.54, 1.807) is 6.07 Å². The van der Waals surface area contributed by atoms with Gasteiger partial charge in [-0.15, -0.1) is 12.4 Å². The minimum atomic E-state index is -0.225. The fraction of sp³-hybridized carbons (Fsp3) is 0.538. The van der Waals surface area contributed by atoms with Crippen molar-refractivity contribution in [3.05, 3.63) is 34.6 Å². The molecule has 0 aliphatic carbocycles. The Kier molecular flexibility index (Phi) is 6.36. The monoisotopic (exact) mass is 292 g/mol. The van der Waals surface area contributed by atoms with E-state index in [2.05, 4.69) is 4.90 Å². The molecule has 2 nitrogen and oxygen atoms in total. The van der Waals surface area contributed by atoms with Crippen molar-refractivity contribution in [1.82, 2.24) is 4.90 Å². The summed E-state index contributed by atoms with van der Waals surface area (Å²) in [5.41, 5.74) is 6.57. The van der Waals surface area contributed by atoms with Crippen molar-refractivity contribution in [2.24, 2.45) is 11.7 Å². The van der Waals surface area contributed by atoms with E-state index in [0.717, 1.165) is 31.6 Å². The number of nitrogens with zero attached hydrogens (tertiary/aromatic N) is 1. The van der Waals surface area contributed by atoms with Crippen LogP contribution in [0.3, 0.4) is 0 Å². The van der Waals surface area contributed by atoms with Gasteiger partial charge in [0, 0.05) is 18.1 Å². The van der Waals surface area contributed by atoms with Gasteiger partial charge in [-0.2, -0.15) is 0 Å². The van der Waals surface area contributed by atoms with Crippen LogP contribution in [0.4, 0.5) is 4.39 Å². The number of nitrogens with two attached hydrogens (primary N) is 1. The maximum absolute atomic E-state index is 13.1. The summed E-state index contributed by atoms with van der Waals surface area (Å²) in [7, 11) is 0. The second-order valence-corrected chi connectivity index (χ2v) is 5.12. The molecule has 1 saturated heterocycles. The molecule has 1 aromatic carbocycles. The summed E-state index contributed by atoms with van der Waals surface area (Å²) in [5, 5.41) is 0.640. The summed E-state index contributed by atoms with van der Waals surface area (Å²) >= 11 is 6.07. The fourth-order valence-electron chi connectivity index (χ4n) is 2.39. The Bertz CT molecular complexity index is 387. The van der Waals surface area contributed by atoms with Gasteiger partial charge in [0.1, 0.15) is 5.82 Å². The van der Waals surface area contributed by atoms with Crippen LogP contribution in [0.5, 0.6) is 0 Å². The van der Waals surface area contributed by atoms with Crippen molar-refractivity contribution >= 4 is 24.0 Å². The van der Waals surface area contributed by atoms with Crippen LogP contribution >= 0.6 is 24.0 Å². The first-order chi connectivity index (χ1) is 8.19. The Morgan fingerprint density at radius 3 is 2.94 bits per heavy atom. The number of likely N-dealkylation sites (tertiary alicyclic amines) is 1. The van der Waals surface area contributed by atoms with Gasteiger partial charge in [0.15, 0.2) is 0 Å². The Morgan fingerprint density at radius 2 is 2.22 bits per heavy atom. The van der Waals surface area contributed by atoms with Crippen LogP contribution in [-0.4, -0.2) is 24.5 Å². The predicted octanol–water partition coefficient (Wildman–Crippen LogP) is 3.07. The van der Waals surface area contributed by atoms with E-state index in [1.165, 1.54) is 18.6 Å². The van der Waals surface area contributed by atoms with Gasteiger partial charge in [0.2, 0.25) is 0 Å². The molecule has 1 aliphatic rings. The molecule has 1 aromatic rings. The van der Waals surface area contributed by atoms with E-state index in [-0.39, 0.29) is 18.2 Å². The van der Waals surface area contributed by atoms with Crippen LogP contribution in [0.2, 0.25) is 5.02 Å². The van der Waals surface area contributed by atoms with Gasteiger partial charge in [-0.25, -0.2) is 4.39 Å². The highest BCUT2D eigenvalue weighted by molar-refractivity contribution is 6.31. The van der Waals surface area contributed by atoms with Gasteiger partial charge in [0.25, 0.3) is 0 Å². The van der Waals surface area contributed by atoms with Crippen molar-refractivity contribution in [3.63, 3.8) is 0 Å². The minimum absolute atomic E-state index is 0. The van der Waals surface area contributed by atoms with E-state index in [4.69, 9.17) is 17.3 Å². The Morgan fingerprint density at radius 1 is 1.44 bits per heavy atom. The number of rotatable bonds is 3. The van der Waals surface area contributed by atoms with E-state index in [9.17, 15) is 4.39 Å². The van der Waals surface area contributed by atoms with Crippen LogP contribution < -0.4 is 5.73 Å². The van der Waals surface area contributed by atoms with Crippen LogP contribution in [0.15, 0.2) is 18.2 Å². The molecule has 0 saturated carbocycles. The number of hydrogen-bond acceptors (Lipinski definition) is 2. The average molecular weight is 293 g/mol. The van der Waals surface area contributed by atoms with Crippen molar-refractivity contribution in [3.8, 4) is 0 Å². The predicted molar refractivity (Wildman–Crippen MR) is 75.7 cm³/mol. The third-order valence-electron chi connectivity index (χ3n) is 3.34. The molecule has 0 spiro atoms. The first-order valence-corrected chi connectivity index (χ1v) is 6.43. The topological polar surface area (TPSA) is 29.3 Å². The minimum Gasteiger partial charge on any atom is -0.330 e. The maximum atomic E-state index is 13.1. The molecule has 18 heavy (non-hydrogen) atoms. The van der Waals surface area contributed by atoms with Gasteiger partial charge in [-0.1, -0.05) is 11.6 Å². The molecule has 0 amide bonds. The van der Waals surface area contributed by atoms with Crippen LogP contribution in [-0.2, 0) is 6.54 Å². The van der Waals surface area contributed by atoms with Crippen LogP contribution in [0, 0.1) is 11.7 Å². The first-order valence-electron chi connectivity index (χ1n) is 6.05. The molecule has 102 valence electrons. The largest absolute Gasteiger partial charge is 0.330 e. The molecule has 2 rings (SSSR count). The second kappa shape index (κ2) is 7.29. The van der Waals surface area contributed by atoms with Gasteiger partial charge in [0.05, 0.1) is 0 Å². The SMILES string of the molecule is Cl.NCC1CCCN(Cc2cc(F)ccc2Cl)C1. The summed E-state index contributed by atoms with van der Waals surface area (Å²) in [6, 6.07) is 4.54. The number of benzene rings is 1. The average Bonchev–Trinajstić information content (AvgIpc) is 2.34.